The molecule has 0 saturated heterocycles. The van der Waals surface area contributed by atoms with Gasteiger partial charge in [0.15, 0.2) is 0 Å². The van der Waals surface area contributed by atoms with Gasteiger partial charge in [0.2, 0.25) is 0 Å². The maximum atomic E-state index is 12.8. The number of nitrogens with zero attached hydrogens (tertiary/aromatic N) is 1. The number of hydrogen-bond donors (Lipinski definition) is 0. The first-order valence-corrected chi connectivity index (χ1v) is 8.96. The van der Waals surface area contributed by atoms with Crippen LogP contribution in [0.25, 0.3) is 0 Å². The Kier molecular flexibility index (Phi) is 8.43. The molecule has 0 aromatic heterocycles. The maximum Gasteiger partial charge on any atom is 0.564 e. The molecule has 0 aliphatic heterocycles. The van der Waals surface area contributed by atoms with Crippen molar-refractivity contribution in [3.05, 3.63) is 59.7 Å². The average Bonchev–Trinajstić information content (AvgIpc) is 2.70. The number of hydrogen-bond acceptors (Lipinski definition) is 6. The Labute approximate surface area is 172 Å². The predicted molar refractivity (Wildman–Crippen MR) is 104 cm³/mol. The number of alkyl halides is 3. The third-order valence-electron chi connectivity index (χ3n) is 4.05. The summed E-state index contributed by atoms with van der Waals surface area (Å²) >= 11 is 0. The first-order chi connectivity index (χ1) is 14.2. The molecule has 10 heteroatoms. The molecular weight excluding hydrogens is 402 g/mol. The summed E-state index contributed by atoms with van der Waals surface area (Å²) < 4.78 is 54.3. The van der Waals surface area contributed by atoms with Crippen LogP contribution in [0, 0.1) is 0 Å². The van der Waals surface area contributed by atoms with Crippen molar-refractivity contribution < 1.29 is 36.8 Å². The van der Waals surface area contributed by atoms with Gasteiger partial charge in [-0.1, -0.05) is 24.3 Å². The number of carbonyl (C=O) groups is 2. The Balaban J connectivity index is 1.95. The third-order valence-corrected chi connectivity index (χ3v) is 4.05. The summed E-state index contributed by atoms with van der Waals surface area (Å²) in [6, 6.07) is 11.4. The lowest BCUT2D eigenvalue weighted by Crippen LogP contribution is -2.40. The molecule has 0 spiro atoms. The third kappa shape index (κ3) is 7.20. The van der Waals surface area contributed by atoms with Crippen LogP contribution < -0.4 is 10.2 Å². The molecule has 0 heterocycles. The zero-order valence-electron chi connectivity index (χ0n) is 16.5. The van der Waals surface area contributed by atoms with Crippen LogP contribution in [0.4, 0.5) is 13.2 Å². The molecule has 0 aliphatic carbocycles. The lowest BCUT2D eigenvalue weighted by atomic mass is 9.79. The van der Waals surface area contributed by atoms with E-state index < -0.39 is 24.8 Å². The van der Waals surface area contributed by atoms with Crippen LogP contribution in [0.2, 0.25) is 0 Å². The Morgan fingerprint density at radius 3 is 2.47 bits per heavy atom. The van der Waals surface area contributed by atoms with Crippen molar-refractivity contribution in [1.29, 1.82) is 0 Å². The van der Waals surface area contributed by atoms with Crippen molar-refractivity contribution in [3.63, 3.8) is 0 Å². The fraction of sp³-hybridized carbons (Fsp3) is 0.300. The molecule has 0 saturated carbocycles. The quantitative estimate of drug-likeness (QED) is 0.432. The average molecular weight is 423 g/mol. The van der Waals surface area contributed by atoms with E-state index in [-0.39, 0.29) is 19.7 Å². The lowest BCUT2D eigenvalue weighted by molar-refractivity contribution is -0.138. The maximum absolute atomic E-state index is 12.8. The summed E-state index contributed by atoms with van der Waals surface area (Å²) in [5, 5.41) is 0. The molecule has 160 valence electrons. The number of carbonyl (C=O) groups excluding carboxylic acids is 2. The van der Waals surface area contributed by atoms with Gasteiger partial charge in [-0.25, -0.2) is 0 Å². The van der Waals surface area contributed by atoms with Crippen LogP contribution in [0.15, 0.2) is 48.5 Å². The molecule has 0 radical (unpaired) electrons. The first kappa shape index (κ1) is 23.4. The van der Waals surface area contributed by atoms with E-state index in [0.717, 1.165) is 12.1 Å². The van der Waals surface area contributed by atoms with E-state index in [4.69, 9.17) is 14.0 Å². The molecule has 0 N–H and O–H groups in total. The number of halogens is 3. The van der Waals surface area contributed by atoms with Gasteiger partial charge < -0.3 is 18.8 Å². The molecule has 6 nitrogen and oxygen atoms in total. The van der Waals surface area contributed by atoms with Gasteiger partial charge in [-0.2, -0.15) is 13.2 Å². The predicted octanol–water partition coefficient (Wildman–Crippen LogP) is 2.30. The van der Waals surface area contributed by atoms with E-state index in [1.807, 2.05) is 0 Å². The first-order valence-electron chi connectivity index (χ1n) is 8.96. The van der Waals surface area contributed by atoms with E-state index >= 15 is 0 Å². The Morgan fingerprint density at radius 2 is 1.87 bits per heavy atom. The highest BCUT2D eigenvalue weighted by Gasteiger charge is 2.30. The minimum absolute atomic E-state index is 0.0327. The molecule has 0 unspecified atom stereocenters. The second kappa shape index (κ2) is 10.8. The van der Waals surface area contributed by atoms with Crippen molar-refractivity contribution in [2.24, 2.45) is 0 Å². The molecule has 30 heavy (non-hydrogen) atoms. The van der Waals surface area contributed by atoms with Gasteiger partial charge in [-0.15, -0.1) is 0 Å². The fourth-order valence-electron chi connectivity index (χ4n) is 2.55. The van der Waals surface area contributed by atoms with Crippen LogP contribution in [-0.4, -0.2) is 51.5 Å². The van der Waals surface area contributed by atoms with Gasteiger partial charge >= 0.3 is 19.3 Å². The van der Waals surface area contributed by atoms with Crippen LogP contribution >= 0.6 is 0 Å². The second-order valence-corrected chi connectivity index (χ2v) is 6.48. The zero-order chi connectivity index (χ0) is 22.1. The normalized spacial score (nSPS) is 11.3. The smallest absolute Gasteiger partial charge is 0.505 e. The van der Waals surface area contributed by atoms with E-state index in [1.54, 1.807) is 37.4 Å². The summed E-state index contributed by atoms with van der Waals surface area (Å²) in [5.74, 6) is -0.126. The summed E-state index contributed by atoms with van der Waals surface area (Å²) in [5.41, 5.74) is 0.204. The van der Waals surface area contributed by atoms with Crippen molar-refractivity contribution in [3.8, 4) is 5.75 Å². The number of ether oxygens (including phenoxy) is 1. The largest absolute Gasteiger partial charge is 0.564 e. The molecule has 0 amide bonds. The molecule has 0 aliphatic rings. The molecule has 2 rings (SSSR count). The molecule has 0 bridgehead atoms. The molecule has 0 atom stereocenters. The highest BCUT2D eigenvalue weighted by atomic mass is 19.4. The highest BCUT2D eigenvalue weighted by Crippen LogP contribution is 2.29. The van der Waals surface area contributed by atoms with Gasteiger partial charge in [0.05, 0.1) is 18.7 Å². The number of rotatable bonds is 10. The Bertz CT molecular complexity index is 845. The van der Waals surface area contributed by atoms with Gasteiger partial charge in [-0.05, 0) is 42.3 Å². The van der Waals surface area contributed by atoms with Gasteiger partial charge in [-0.3, -0.25) is 9.69 Å². The highest BCUT2D eigenvalue weighted by molar-refractivity contribution is 6.62. The molecule has 0 fully saturated rings. The van der Waals surface area contributed by atoms with Gasteiger partial charge in [0.25, 0.3) is 0 Å². The van der Waals surface area contributed by atoms with Crippen molar-refractivity contribution >= 4 is 24.8 Å². The van der Waals surface area contributed by atoms with Crippen LogP contribution in [0.3, 0.4) is 0 Å². The summed E-state index contributed by atoms with van der Waals surface area (Å²) in [6.45, 7) is -0.00350. The summed E-state index contributed by atoms with van der Waals surface area (Å²) in [6.07, 6.45) is -3.73. The number of likely N-dealkylation sites (N-methyl/N-ethyl adjacent to an activating group) is 1. The Hall–Kier alpha value is -2.85. The SMILES string of the molecule is COB(OC(=O)CN(C)CC=O)c1ccc(OCc2cccc(C(F)(F)F)c2)cc1. The minimum atomic E-state index is -4.41. The Morgan fingerprint density at radius 1 is 1.17 bits per heavy atom. The standard InChI is InChI=1S/C20H21BF3NO5/c1-25(10-11-26)13-19(27)30-21(28-2)17-6-8-18(9-7-17)29-14-15-4-3-5-16(12-15)20(22,23)24/h3-9,11-12H,10,13-14H2,1-2H3. The number of aldehydes is 1. The monoisotopic (exact) mass is 423 g/mol. The molecule has 2 aromatic carbocycles. The fourth-order valence-corrected chi connectivity index (χ4v) is 2.55. The van der Waals surface area contributed by atoms with E-state index in [9.17, 15) is 22.8 Å². The van der Waals surface area contributed by atoms with Crippen molar-refractivity contribution in [2.45, 2.75) is 12.8 Å². The van der Waals surface area contributed by atoms with Crippen molar-refractivity contribution in [1.82, 2.24) is 4.90 Å². The number of benzene rings is 2. The summed E-state index contributed by atoms with van der Waals surface area (Å²) in [4.78, 5) is 23.9. The van der Waals surface area contributed by atoms with Gasteiger partial charge in [0, 0.05) is 7.11 Å². The van der Waals surface area contributed by atoms with Gasteiger partial charge in [0.1, 0.15) is 18.6 Å². The minimum Gasteiger partial charge on any atom is -0.505 e. The van der Waals surface area contributed by atoms with E-state index in [2.05, 4.69) is 0 Å². The molecule has 2 aromatic rings. The van der Waals surface area contributed by atoms with Crippen LogP contribution in [0.1, 0.15) is 11.1 Å². The molecular formula is C20H21BF3NO5. The topological polar surface area (TPSA) is 65.1 Å². The second-order valence-electron chi connectivity index (χ2n) is 6.48. The van der Waals surface area contributed by atoms with Crippen molar-refractivity contribution in [2.75, 3.05) is 27.2 Å². The zero-order valence-corrected chi connectivity index (χ0v) is 16.5. The van der Waals surface area contributed by atoms with Crippen LogP contribution in [0.5, 0.6) is 5.75 Å². The van der Waals surface area contributed by atoms with Crippen LogP contribution in [-0.2, 0) is 31.7 Å². The van der Waals surface area contributed by atoms with E-state index in [1.165, 1.54) is 18.1 Å². The van der Waals surface area contributed by atoms with E-state index in [0.29, 0.717) is 23.1 Å². The summed E-state index contributed by atoms with van der Waals surface area (Å²) in [7, 11) is 2.04. The lowest BCUT2D eigenvalue weighted by Gasteiger charge is -2.16.